The number of rotatable bonds is 4. The Balaban J connectivity index is 1.80. The minimum Gasteiger partial charge on any atom is -0.296 e. The van der Waals surface area contributed by atoms with Gasteiger partial charge in [-0.15, -0.1) is 4.36 Å². The summed E-state index contributed by atoms with van der Waals surface area (Å²) >= 11 is 0. The van der Waals surface area contributed by atoms with Gasteiger partial charge in [-0.1, -0.05) is 30.3 Å². The average Bonchev–Trinajstić information content (AvgIpc) is 3.15. The summed E-state index contributed by atoms with van der Waals surface area (Å²) in [6.07, 6.45) is 1.79. The number of fused-ring (bicyclic) bond motifs is 2. The van der Waals surface area contributed by atoms with Crippen LogP contribution in [0.25, 0.3) is 27.9 Å². The molecule has 0 fully saturated rings. The number of imidazole rings is 1. The molecule has 0 saturated carbocycles. The fraction of sp³-hybridized carbons (Fsp3) is 0.0455. The van der Waals surface area contributed by atoms with Crippen molar-refractivity contribution in [1.29, 1.82) is 0 Å². The molecule has 0 aliphatic carbocycles. The largest absolute Gasteiger partial charge is 0.296 e. The fourth-order valence-electron chi connectivity index (χ4n) is 3.57. The van der Waals surface area contributed by atoms with E-state index in [1.54, 1.807) is 29.1 Å². The summed E-state index contributed by atoms with van der Waals surface area (Å²) in [5.41, 5.74) is 2.50. The van der Waals surface area contributed by atoms with E-state index in [1.165, 1.54) is 18.2 Å². The van der Waals surface area contributed by atoms with E-state index in [9.17, 15) is 18.9 Å². The lowest BCUT2D eigenvalue weighted by molar-refractivity contribution is -0.645. The van der Waals surface area contributed by atoms with E-state index in [0.717, 1.165) is 17.1 Å². The van der Waals surface area contributed by atoms with Gasteiger partial charge < -0.3 is 0 Å². The number of nitrogens with zero attached hydrogens (tertiary/aromatic N) is 6. The zero-order valence-corrected chi connectivity index (χ0v) is 18.1. The van der Waals surface area contributed by atoms with Gasteiger partial charge in [0, 0.05) is 12.1 Å². The number of nitro benzene ring substituents is 1. The molecule has 164 valence electrons. The highest BCUT2D eigenvalue weighted by Crippen LogP contribution is 2.29. The van der Waals surface area contributed by atoms with Crippen LogP contribution in [-0.2, 0) is 17.1 Å². The Bertz CT molecular complexity index is 1690. The van der Waals surface area contributed by atoms with Crippen LogP contribution in [0.1, 0.15) is 0 Å². The minimum absolute atomic E-state index is 0.0611. The van der Waals surface area contributed by atoms with Gasteiger partial charge in [-0.3, -0.25) is 14.7 Å². The molecule has 5 aromatic rings. The van der Waals surface area contributed by atoms with Crippen molar-refractivity contribution in [2.75, 3.05) is 0 Å². The number of aryl methyl sites for hydroxylation is 1. The summed E-state index contributed by atoms with van der Waals surface area (Å²) < 4.78 is 31.7. The third-order valence-electron chi connectivity index (χ3n) is 5.12. The van der Waals surface area contributed by atoms with Crippen LogP contribution in [0.3, 0.4) is 0 Å². The first-order chi connectivity index (χ1) is 15.8. The van der Waals surface area contributed by atoms with E-state index in [1.807, 2.05) is 41.9 Å². The molecule has 5 rings (SSSR count). The Kier molecular flexibility index (Phi) is 4.84. The van der Waals surface area contributed by atoms with E-state index in [-0.39, 0.29) is 22.2 Å². The summed E-state index contributed by atoms with van der Waals surface area (Å²) in [6, 6.07) is 19.7. The molecule has 1 N–H and O–H groups in total. The van der Waals surface area contributed by atoms with Gasteiger partial charge in [0.1, 0.15) is 0 Å². The third kappa shape index (κ3) is 3.69. The highest BCUT2D eigenvalue weighted by molar-refractivity contribution is 7.88. The number of hydrogen-bond donors (Lipinski definition) is 1. The van der Waals surface area contributed by atoms with Crippen molar-refractivity contribution in [2.24, 2.45) is 11.4 Å². The van der Waals surface area contributed by atoms with Crippen LogP contribution in [-0.4, -0.2) is 28.2 Å². The van der Waals surface area contributed by atoms with Crippen molar-refractivity contribution in [1.82, 2.24) is 14.5 Å². The molecule has 10 nitrogen and oxygen atoms in total. The normalized spacial score (nSPS) is 13.2. The van der Waals surface area contributed by atoms with Gasteiger partial charge in [-0.2, -0.15) is 4.57 Å². The average molecular weight is 461 g/mol. The number of nitro groups is 1. The second-order valence-electron chi connectivity index (χ2n) is 7.29. The van der Waals surface area contributed by atoms with Gasteiger partial charge in [0.15, 0.2) is 21.0 Å². The number of para-hydroxylation sites is 4. The number of benzene rings is 3. The van der Waals surface area contributed by atoms with E-state index >= 15 is 0 Å². The second-order valence-corrected chi connectivity index (χ2v) is 8.93. The first kappa shape index (κ1) is 20.7. The molecule has 2 heterocycles. The van der Waals surface area contributed by atoms with Crippen molar-refractivity contribution < 1.29 is 18.3 Å². The predicted octanol–water partition coefficient (Wildman–Crippen LogP) is 3.94. The van der Waals surface area contributed by atoms with Gasteiger partial charge in [0.05, 0.1) is 27.9 Å². The summed E-state index contributed by atoms with van der Waals surface area (Å²) in [5.74, 6) is 0.201. The van der Waals surface area contributed by atoms with Crippen LogP contribution < -0.4 is 4.57 Å². The molecule has 2 aromatic heterocycles. The zero-order chi connectivity index (χ0) is 23.2. The van der Waals surface area contributed by atoms with Crippen LogP contribution in [0.2, 0.25) is 0 Å². The van der Waals surface area contributed by atoms with Crippen LogP contribution in [0, 0.1) is 10.1 Å². The van der Waals surface area contributed by atoms with Crippen molar-refractivity contribution in [3.8, 4) is 5.82 Å². The quantitative estimate of drug-likeness (QED) is 0.245. The molecule has 0 aliphatic heterocycles. The van der Waals surface area contributed by atoms with Crippen molar-refractivity contribution >= 4 is 43.6 Å². The Labute approximate surface area is 187 Å². The second kappa shape index (κ2) is 7.73. The summed E-state index contributed by atoms with van der Waals surface area (Å²) in [7, 11) is -2.19. The van der Waals surface area contributed by atoms with Gasteiger partial charge in [-0.25, -0.2) is 18.7 Å². The van der Waals surface area contributed by atoms with E-state index in [4.69, 9.17) is 0 Å². The lowest BCUT2D eigenvalue weighted by atomic mass is 10.3. The molecule has 11 heteroatoms. The van der Waals surface area contributed by atoms with Crippen molar-refractivity contribution in [3.05, 3.63) is 89.2 Å². The highest BCUT2D eigenvalue weighted by atomic mass is 32.2. The summed E-state index contributed by atoms with van der Waals surface area (Å²) in [6.45, 7) is 0. The molecule has 0 saturated heterocycles. The monoisotopic (exact) mass is 461 g/mol. The lowest BCUT2D eigenvalue weighted by Crippen LogP contribution is -2.25. The topological polar surface area (TPSA) is 127 Å². The molecule has 1 atom stereocenters. The Morgan fingerprint density at radius 3 is 2.48 bits per heavy atom. The van der Waals surface area contributed by atoms with Crippen LogP contribution >= 0.6 is 0 Å². The summed E-state index contributed by atoms with van der Waals surface area (Å²) in [4.78, 5) is 19.5. The van der Waals surface area contributed by atoms with Crippen LogP contribution in [0.15, 0.2) is 88.4 Å². The SMILES string of the molecule is C[n+]1cn(-c2nc3ccccc3nc2N=S(=O)(O)c2cccc([N+](=O)[O-])c2)c2ccccc21. The molecule has 0 aliphatic rings. The van der Waals surface area contributed by atoms with Crippen molar-refractivity contribution in [2.45, 2.75) is 4.90 Å². The fourth-order valence-corrected chi connectivity index (χ4v) is 4.56. The Morgan fingerprint density at radius 2 is 1.73 bits per heavy atom. The first-order valence-corrected chi connectivity index (χ1v) is 11.3. The molecule has 0 spiro atoms. The smallest absolute Gasteiger partial charge is 0.273 e. The van der Waals surface area contributed by atoms with Crippen molar-refractivity contribution in [3.63, 3.8) is 0 Å². The Morgan fingerprint density at radius 1 is 1.03 bits per heavy atom. The van der Waals surface area contributed by atoms with Gasteiger partial charge in [0.25, 0.3) is 17.8 Å². The Hall–Kier alpha value is -4.22. The molecule has 0 radical (unpaired) electrons. The standard InChI is InChI=1S/C22H16N6O4S/c1-26-14-27(20-12-5-4-11-19(20)26)22-21(23-17-9-2-3-10-18(17)24-22)25-33(31,32)16-8-6-7-15(13-16)28(29)30/h2-14H,1H3/p+1. The van der Waals surface area contributed by atoms with Crippen LogP contribution in [0.4, 0.5) is 11.5 Å². The molecule has 3 aromatic carbocycles. The van der Waals surface area contributed by atoms with Crippen LogP contribution in [0.5, 0.6) is 0 Å². The highest BCUT2D eigenvalue weighted by Gasteiger charge is 2.23. The van der Waals surface area contributed by atoms with Gasteiger partial charge in [-0.05, 0) is 30.3 Å². The van der Waals surface area contributed by atoms with E-state index < -0.39 is 14.9 Å². The van der Waals surface area contributed by atoms with E-state index in [2.05, 4.69) is 14.3 Å². The minimum atomic E-state index is -4.07. The number of non-ortho nitro benzene ring substituents is 1. The summed E-state index contributed by atoms with van der Waals surface area (Å²) in [5, 5.41) is 11.1. The molecule has 0 amide bonds. The molecule has 0 bridgehead atoms. The maximum absolute atomic E-state index is 13.2. The number of hydrogen-bond acceptors (Lipinski definition) is 6. The maximum atomic E-state index is 13.2. The first-order valence-electron chi connectivity index (χ1n) is 9.80. The molecule has 33 heavy (non-hydrogen) atoms. The molecule has 1 unspecified atom stereocenters. The van der Waals surface area contributed by atoms with Gasteiger partial charge in [0.2, 0.25) is 5.82 Å². The van der Waals surface area contributed by atoms with E-state index in [0.29, 0.717) is 11.0 Å². The lowest BCUT2D eigenvalue weighted by Gasteiger charge is -2.06. The maximum Gasteiger partial charge on any atom is 0.273 e. The zero-order valence-electron chi connectivity index (χ0n) is 17.3. The number of aromatic nitrogens is 4. The molecular formula is C22H17N6O4S+. The molecular weight excluding hydrogens is 444 g/mol. The predicted molar refractivity (Wildman–Crippen MR) is 122 cm³/mol. The third-order valence-corrected chi connectivity index (χ3v) is 6.41. The van der Waals surface area contributed by atoms with Gasteiger partial charge >= 0.3 is 0 Å².